The molecule has 0 bridgehead atoms. The van der Waals surface area contributed by atoms with Gasteiger partial charge in [0.05, 0.1) is 7.12 Å². The number of H-pyrrole nitrogens is 1. The molecule has 110 valence electrons. The van der Waals surface area contributed by atoms with Gasteiger partial charge in [0.25, 0.3) is 0 Å². The number of aromatic nitrogens is 1. The summed E-state index contributed by atoms with van der Waals surface area (Å²) in [4.78, 5) is 2.30. The standard InChI is InChI=1S/C14H21N3O2S/c1-15-20(18,19)10-11-4-5-14-13(8-11)12(9-16-14)6-7-17(2)3/h4-5,8-9,15-16H,6-7,10H2,1-3H3/i7D2,9D/hD2. The Balaban J connectivity index is 2.55. The lowest BCUT2D eigenvalue weighted by molar-refractivity contribution is 0.414. The SMILES string of the molecule is [2H]c1c(CC([2H])([2H])N(C)C)c2cc(CS(=O)(=O)N([2H])C)ccc2n1[2H]. The number of sulfonamides is 1. The maximum Gasteiger partial charge on any atom is 0.215 e. The van der Waals surface area contributed by atoms with Gasteiger partial charge in [-0.05, 0) is 50.8 Å². The van der Waals surface area contributed by atoms with Gasteiger partial charge < -0.3 is 9.88 Å². The Labute approximate surface area is 127 Å². The smallest absolute Gasteiger partial charge is 0.215 e. The number of hydrogen-bond acceptors (Lipinski definition) is 3. The van der Waals surface area contributed by atoms with Crippen molar-refractivity contribution in [2.45, 2.75) is 12.2 Å². The summed E-state index contributed by atoms with van der Waals surface area (Å²) < 4.78 is 63.7. The van der Waals surface area contributed by atoms with Gasteiger partial charge in [0.2, 0.25) is 10.0 Å². The summed E-state index contributed by atoms with van der Waals surface area (Å²) in [7, 11) is 0.542. The summed E-state index contributed by atoms with van der Waals surface area (Å²) in [5.41, 5.74) is 1.18. The van der Waals surface area contributed by atoms with E-state index in [1.165, 1.54) is 11.0 Å². The van der Waals surface area contributed by atoms with E-state index >= 15 is 0 Å². The molecule has 0 amide bonds. The Kier molecular flexibility index (Phi) is 2.84. The van der Waals surface area contributed by atoms with Crippen LogP contribution < -0.4 is 4.72 Å². The normalized spacial score (nSPS) is 16.9. The van der Waals surface area contributed by atoms with Crippen molar-refractivity contribution in [1.82, 2.24) is 14.6 Å². The van der Waals surface area contributed by atoms with Crippen molar-refractivity contribution in [2.75, 3.05) is 27.6 Å². The zero-order valence-corrected chi connectivity index (χ0v) is 12.5. The van der Waals surface area contributed by atoms with Gasteiger partial charge in [-0.1, -0.05) is 6.07 Å². The van der Waals surface area contributed by atoms with Crippen LogP contribution in [-0.2, 0) is 22.2 Å². The molecular weight excluding hydrogens is 274 g/mol. The lowest BCUT2D eigenvalue weighted by Gasteiger charge is -2.08. The number of hydrogen-bond donors (Lipinski definition) is 2. The monoisotopic (exact) mass is 300 g/mol. The van der Waals surface area contributed by atoms with Crippen LogP contribution in [0.3, 0.4) is 0 Å². The third-order valence-corrected chi connectivity index (χ3v) is 4.15. The first-order chi connectivity index (χ1) is 11.4. The second-order valence-electron chi connectivity index (χ2n) is 4.69. The van der Waals surface area contributed by atoms with E-state index in [9.17, 15) is 8.42 Å². The van der Waals surface area contributed by atoms with Gasteiger partial charge in [-0.15, -0.1) is 0 Å². The molecule has 0 atom stereocenters. The molecule has 0 aliphatic heterocycles. The zero-order chi connectivity index (χ0) is 19.2. The van der Waals surface area contributed by atoms with Gasteiger partial charge in [-0.2, -0.15) is 0 Å². The summed E-state index contributed by atoms with van der Waals surface area (Å²) in [5.74, 6) is -0.376. The molecule has 0 aliphatic rings. The Morgan fingerprint density at radius 3 is 2.95 bits per heavy atom. The second-order valence-corrected chi connectivity index (χ2v) is 6.51. The van der Waals surface area contributed by atoms with Crippen molar-refractivity contribution in [3.63, 3.8) is 0 Å². The highest BCUT2D eigenvalue weighted by Gasteiger charge is 2.11. The van der Waals surface area contributed by atoms with Crippen LogP contribution in [0.1, 0.15) is 15.2 Å². The number of fused-ring (bicyclic) bond motifs is 1. The predicted molar refractivity (Wildman–Crippen MR) is 82.2 cm³/mol. The van der Waals surface area contributed by atoms with Crippen molar-refractivity contribution in [3.8, 4) is 0 Å². The number of nitrogens with one attached hydrogen (secondary N) is 2. The number of likely N-dealkylation sites (N-methyl/N-ethyl adjacent to an activating group) is 1. The van der Waals surface area contributed by atoms with Crippen LogP contribution in [0.25, 0.3) is 10.9 Å². The molecule has 0 radical (unpaired) electrons. The van der Waals surface area contributed by atoms with E-state index in [0.717, 1.165) is 12.0 Å². The van der Waals surface area contributed by atoms with Gasteiger partial charge in [-0.3, -0.25) is 0 Å². The summed E-state index contributed by atoms with van der Waals surface area (Å²) in [6, 6.07) is 4.64. The Hall–Kier alpha value is -1.37. The summed E-state index contributed by atoms with van der Waals surface area (Å²) in [5, 5.41) is 0.478. The van der Waals surface area contributed by atoms with Gasteiger partial charge >= 0.3 is 0 Å². The van der Waals surface area contributed by atoms with E-state index < -0.39 is 16.5 Å². The Bertz CT molecular complexity index is 893. The number of aryl methyl sites for hydroxylation is 1. The van der Waals surface area contributed by atoms with E-state index in [1.807, 2.05) is 0 Å². The van der Waals surface area contributed by atoms with E-state index in [2.05, 4.69) is 0 Å². The number of nitrogens with zero attached hydrogens (tertiary/aromatic N) is 1. The lowest BCUT2D eigenvalue weighted by Crippen LogP contribution is -2.20. The summed E-state index contributed by atoms with van der Waals surface area (Å²) >= 11 is 0. The molecule has 0 saturated heterocycles. The van der Waals surface area contributed by atoms with Crippen LogP contribution in [0.2, 0.25) is 2.82 Å². The topological polar surface area (TPSA) is 65.2 Å². The zero-order valence-electron chi connectivity index (χ0n) is 16.7. The molecular formula is C14H21N3O2S. The average molecular weight is 300 g/mol. The predicted octanol–water partition coefficient (Wildman–Crippen LogP) is 1.32. The van der Waals surface area contributed by atoms with Gasteiger partial charge in [0.1, 0.15) is 1.41 Å². The molecule has 1 heterocycles. The second kappa shape index (κ2) is 5.95. The van der Waals surface area contributed by atoms with E-state index in [-0.39, 0.29) is 18.3 Å². The minimum atomic E-state index is -3.77. The largest absolute Gasteiger partial charge is 0.361 e. The van der Waals surface area contributed by atoms with Crippen LogP contribution in [0.15, 0.2) is 24.4 Å². The van der Waals surface area contributed by atoms with Crippen LogP contribution >= 0.6 is 0 Å². The lowest BCUT2D eigenvalue weighted by atomic mass is 10.1. The molecule has 0 aliphatic carbocycles. The van der Waals surface area contributed by atoms with Crippen LogP contribution in [0, 0.1) is 0 Å². The number of benzene rings is 1. The molecule has 1 aromatic heterocycles. The van der Waals surface area contributed by atoms with Crippen molar-refractivity contribution in [1.29, 1.82) is 0 Å². The first-order valence-corrected chi connectivity index (χ1v) is 7.72. The van der Waals surface area contributed by atoms with Crippen LogP contribution in [0.4, 0.5) is 0 Å². The third kappa shape index (κ3) is 3.59. The molecule has 6 heteroatoms. The summed E-state index contributed by atoms with van der Waals surface area (Å²) in [6.07, 6.45) is -0.228. The van der Waals surface area contributed by atoms with Crippen LogP contribution in [0.5, 0.6) is 0 Å². The fourth-order valence-corrected chi connectivity index (χ4v) is 2.58. The Morgan fingerprint density at radius 2 is 2.30 bits per heavy atom. The minimum absolute atomic E-state index is 0.101. The molecule has 20 heavy (non-hydrogen) atoms. The molecule has 0 fully saturated rings. The van der Waals surface area contributed by atoms with Crippen molar-refractivity contribution >= 4 is 20.9 Å². The first-order valence-electron chi connectivity index (χ1n) is 8.51. The number of aromatic amines is 1. The fourth-order valence-electron chi connectivity index (χ4n) is 1.85. The van der Waals surface area contributed by atoms with Crippen molar-refractivity contribution in [3.05, 3.63) is 35.5 Å². The molecule has 2 aromatic rings. The first kappa shape index (κ1) is 9.55. The molecule has 0 unspecified atom stereocenters. The van der Waals surface area contributed by atoms with Gasteiger partial charge in [0, 0.05) is 26.3 Å². The van der Waals surface area contributed by atoms with Gasteiger partial charge in [0.15, 0.2) is 1.41 Å². The molecule has 5 nitrogen and oxygen atoms in total. The quantitative estimate of drug-likeness (QED) is 0.845. The minimum Gasteiger partial charge on any atom is -0.361 e. The van der Waals surface area contributed by atoms with E-state index in [4.69, 9.17) is 6.94 Å². The molecule has 1 aromatic carbocycles. The van der Waals surface area contributed by atoms with Crippen molar-refractivity contribution in [2.24, 2.45) is 0 Å². The Morgan fingerprint density at radius 1 is 1.55 bits per heavy atom. The van der Waals surface area contributed by atoms with E-state index in [1.54, 1.807) is 26.2 Å². The number of rotatable bonds is 6. The third-order valence-electron chi connectivity index (χ3n) is 2.90. The maximum atomic E-state index is 11.9. The van der Waals surface area contributed by atoms with Crippen LogP contribution in [-0.4, -0.2) is 45.9 Å². The molecule has 0 spiro atoms. The highest BCUT2D eigenvalue weighted by Crippen LogP contribution is 2.21. The van der Waals surface area contributed by atoms with Crippen molar-refractivity contribution < 1.29 is 15.4 Å². The highest BCUT2D eigenvalue weighted by molar-refractivity contribution is 7.88. The average Bonchev–Trinajstić information content (AvgIpc) is 2.71. The van der Waals surface area contributed by atoms with E-state index in [0.29, 0.717) is 26.7 Å². The maximum absolute atomic E-state index is 11.9. The fraction of sp³-hybridized carbons (Fsp3) is 0.429. The summed E-state index contributed by atoms with van der Waals surface area (Å²) in [6.45, 7) is -1.71. The molecule has 2 N–H and O–H groups in total. The molecule has 2 rings (SSSR count). The highest BCUT2D eigenvalue weighted by atomic mass is 32.2. The van der Waals surface area contributed by atoms with Gasteiger partial charge in [-0.25, -0.2) is 13.1 Å². The molecule has 0 saturated carbocycles.